The molecule has 5 nitrogen and oxygen atoms in total. The molecule has 1 fully saturated rings. The average molecular weight is 340 g/mol. The smallest absolute Gasteiger partial charge is 0.260 e. The van der Waals surface area contributed by atoms with Crippen LogP contribution in [-0.4, -0.2) is 48.7 Å². The first-order chi connectivity index (χ1) is 12.0. The van der Waals surface area contributed by atoms with Crippen LogP contribution in [0.5, 0.6) is 11.5 Å². The van der Waals surface area contributed by atoms with Crippen LogP contribution in [0.3, 0.4) is 0 Å². The van der Waals surface area contributed by atoms with Crippen molar-refractivity contribution in [2.75, 3.05) is 37.7 Å². The van der Waals surface area contributed by atoms with Crippen molar-refractivity contribution in [2.24, 2.45) is 0 Å². The number of carbonyl (C=O) groups excluding carboxylic acids is 1. The number of nitrogens with zero attached hydrogens (tertiary/aromatic N) is 2. The van der Waals surface area contributed by atoms with E-state index >= 15 is 0 Å². The SMILES string of the molecule is Cc1ccc(N2CCN(C(=O)COc3ccccc3O)CC2)cc1C. The van der Waals surface area contributed by atoms with Crippen LogP contribution < -0.4 is 9.64 Å². The molecule has 2 aromatic carbocycles. The predicted molar refractivity (Wildman–Crippen MR) is 98.3 cm³/mol. The van der Waals surface area contributed by atoms with Crippen molar-refractivity contribution in [1.29, 1.82) is 0 Å². The van der Waals surface area contributed by atoms with Gasteiger partial charge in [-0.3, -0.25) is 4.79 Å². The summed E-state index contributed by atoms with van der Waals surface area (Å²) in [6.45, 7) is 7.15. The van der Waals surface area contributed by atoms with E-state index in [0.717, 1.165) is 13.1 Å². The zero-order chi connectivity index (χ0) is 17.8. The van der Waals surface area contributed by atoms with Gasteiger partial charge in [-0.05, 0) is 49.2 Å². The van der Waals surface area contributed by atoms with Crippen molar-refractivity contribution in [1.82, 2.24) is 4.90 Å². The van der Waals surface area contributed by atoms with Crippen molar-refractivity contribution < 1.29 is 14.6 Å². The number of anilines is 1. The highest BCUT2D eigenvalue weighted by molar-refractivity contribution is 5.78. The van der Waals surface area contributed by atoms with E-state index in [1.165, 1.54) is 16.8 Å². The number of phenolic OH excluding ortho intramolecular Hbond substituents is 1. The molecule has 0 aliphatic carbocycles. The monoisotopic (exact) mass is 340 g/mol. The van der Waals surface area contributed by atoms with Gasteiger partial charge in [-0.1, -0.05) is 18.2 Å². The number of benzene rings is 2. The topological polar surface area (TPSA) is 53.0 Å². The summed E-state index contributed by atoms with van der Waals surface area (Å²) < 4.78 is 5.44. The van der Waals surface area contributed by atoms with Gasteiger partial charge in [0.15, 0.2) is 18.1 Å². The molecular formula is C20H24N2O3. The van der Waals surface area contributed by atoms with E-state index in [0.29, 0.717) is 18.8 Å². The summed E-state index contributed by atoms with van der Waals surface area (Å²) in [5.74, 6) is 0.336. The van der Waals surface area contributed by atoms with Crippen LogP contribution in [0.25, 0.3) is 0 Å². The molecule has 1 heterocycles. The Hall–Kier alpha value is -2.69. The van der Waals surface area contributed by atoms with Crippen LogP contribution >= 0.6 is 0 Å². The lowest BCUT2D eigenvalue weighted by Crippen LogP contribution is -2.50. The summed E-state index contributed by atoms with van der Waals surface area (Å²) in [4.78, 5) is 16.4. The summed E-state index contributed by atoms with van der Waals surface area (Å²) in [5.41, 5.74) is 3.78. The lowest BCUT2D eigenvalue weighted by atomic mass is 10.1. The zero-order valence-corrected chi connectivity index (χ0v) is 14.7. The Bertz CT molecular complexity index is 752. The van der Waals surface area contributed by atoms with Crippen LogP contribution in [0, 0.1) is 13.8 Å². The van der Waals surface area contributed by atoms with E-state index < -0.39 is 0 Å². The van der Waals surface area contributed by atoms with Crippen LogP contribution in [0.2, 0.25) is 0 Å². The van der Waals surface area contributed by atoms with Crippen LogP contribution in [0.4, 0.5) is 5.69 Å². The van der Waals surface area contributed by atoms with E-state index in [-0.39, 0.29) is 18.3 Å². The van der Waals surface area contributed by atoms with Crippen LogP contribution in [0.1, 0.15) is 11.1 Å². The minimum Gasteiger partial charge on any atom is -0.504 e. The second-order valence-electron chi connectivity index (χ2n) is 6.39. The van der Waals surface area contributed by atoms with Gasteiger partial charge in [-0.2, -0.15) is 0 Å². The highest BCUT2D eigenvalue weighted by Gasteiger charge is 2.22. The molecule has 5 heteroatoms. The number of ether oxygens (including phenoxy) is 1. The van der Waals surface area contributed by atoms with E-state index in [1.807, 2.05) is 4.90 Å². The van der Waals surface area contributed by atoms with Gasteiger partial charge >= 0.3 is 0 Å². The van der Waals surface area contributed by atoms with Gasteiger partial charge in [0.1, 0.15) is 0 Å². The van der Waals surface area contributed by atoms with Gasteiger partial charge in [0.25, 0.3) is 5.91 Å². The largest absolute Gasteiger partial charge is 0.504 e. The predicted octanol–water partition coefficient (Wildman–Crippen LogP) is 2.74. The molecule has 0 bridgehead atoms. The Morgan fingerprint density at radius 1 is 1.04 bits per heavy atom. The van der Waals surface area contributed by atoms with Gasteiger partial charge in [0, 0.05) is 31.9 Å². The first-order valence-electron chi connectivity index (χ1n) is 8.55. The van der Waals surface area contributed by atoms with E-state index in [2.05, 4.69) is 36.9 Å². The molecule has 0 spiro atoms. The third kappa shape index (κ3) is 4.05. The molecule has 132 valence electrons. The average Bonchev–Trinajstić information content (AvgIpc) is 2.63. The quantitative estimate of drug-likeness (QED) is 0.930. The van der Waals surface area contributed by atoms with Crippen molar-refractivity contribution in [3.05, 3.63) is 53.6 Å². The number of aryl methyl sites for hydroxylation is 2. The van der Waals surface area contributed by atoms with E-state index in [1.54, 1.807) is 24.3 Å². The molecule has 0 atom stereocenters. The van der Waals surface area contributed by atoms with Gasteiger partial charge in [0.05, 0.1) is 0 Å². The molecule has 0 aromatic heterocycles. The summed E-state index contributed by atoms with van der Waals surface area (Å²) in [5, 5.41) is 9.68. The Morgan fingerprint density at radius 2 is 1.76 bits per heavy atom. The first kappa shape index (κ1) is 17.1. The van der Waals surface area contributed by atoms with Crippen molar-refractivity contribution in [3.63, 3.8) is 0 Å². The highest BCUT2D eigenvalue weighted by Crippen LogP contribution is 2.24. The number of piperazine rings is 1. The fraction of sp³-hybridized carbons (Fsp3) is 0.350. The highest BCUT2D eigenvalue weighted by atomic mass is 16.5. The fourth-order valence-corrected chi connectivity index (χ4v) is 2.95. The number of hydrogen-bond acceptors (Lipinski definition) is 4. The minimum absolute atomic E-state index is 0.0508. The normalized spacial score (nSPS) is 14.5. The van der Waals surface area contributed by atoms with Gasteiger partial charge in [-0.15, -0.1) is 0 Å². The van der Waals surface area contributed by atoms with Crippen molar-refractivity contribution in [3.8, 4) is 11.5 Å². The Morgan fingerprint density at radius 3 is 2.44 bits per heavy atom. The molecule has 0 radical (unpaired) electrons. The third-order valence-corrected chi connectivity index (χ3v) is 4.70. The van der Waals surface area contributed by atoms with Crippen LogP contribution in [-0.2, 0) is 4.79 Å². The molecular weight excluding hydrogens is 316 g/mol. The molecule has 25 heavy (non-hydrogen) atoms. The number of para-hydroxylation sites is 2. The van der Waals surface area contributed by atoms with E-state index in [4.69, 9.17) is 4.74 Å². The molecule has 1 aliphatic rings. The Kier molecular flexibility index (Phi) is 5.12. The molecule has 1 aliphatic heterocycles. The second kappa shape index (κ2) is 7.47. The number of hydrogen-bond donors (Lipinski definition) is 1. The summed E-state index contributed by atoms with van der Waals surface area (Å²) in [6, 6.07) is 13.2. The molecule has 0 unspecified atom stereocenters. The molecule has 0 saturated carbocycles. The molecule has 1 amide bonds. The maximum atomic E-state index is 12.3. The van der Waals surface area contributed by atoms with Gasteiger partial charge < -0.3 is 19.6 Å². The number of amides is 1. The molecule has 2 aromatic rings. The Balaban J connectivity index is 1.52. The molecule has 1 saturated heterocycles. The minimum atomic E-state index is -0.0544. The maximum absolute atomic E-state index is 12.3. The second-order valence-corrected chi connectivity index (χ2v) is 6.39. The lowest BCUT2D eigenvalue weighted by molar-refractivity contribution is -0.133. The first-order valence-corrected chi connectivity index (χ1v) is 8.55. The zero-order valence-electron chi connectivity index (χ0n) is 14.7. The summed E-state index contributed by atoms with van der Waals surface area (Å²) >= 11 is 0. The van der Waals surface area contributed by atoms with Crippen molar-refractivity contribution >= 4 is 11.6 Å². The summed E-state index contributed by atoms with van der Waals surface area (Å²) in [7, 11) is 0. The van der Waals surface area contributed by atoms with Crippen molar-refractivity contribution in [2.45, 2.75) is 13.8 Å². The van der Waals surface area contributed by atoms with Gasteiger partial charge in [-0.25, -0.2) is 0 Å². The molecule has 3 rings (SSSR count). The van der Waals surface area contributed by atoms with Gasteiger partial charge in [0.2, 0.25) is 0 Å². The number of rotatable bonds is 4. The lowest BCUT2D eigenvalue weighted by Gasteiger charge is -2.36. The fourth-order valence-electron chi connectivity index (χ4n) is 2.95. The molecule has 1 N–H and O–H groups in total. The maximum Gasteiger partial charge on any atom is 0.260 e. The Labute approximate surface area is 148 Å². The van der Waals surface area contributed by atoms with Crippen LogP contribution in [0.15, 0.2) is 42.5 Å². The summed E-state index contributed by atoms with van der Waals surface area (Å²) in [6.07, 6.45) is 0. The number of aromatic hydroxyl groups is 1. The van der Waals surface area contributed by atoms with E-state index in [9.17, 15) is 9.90 Å². The number of phenols is 1. The number of carbonyl (C=O) groups is 1. The standard InChI is InChI=1S/C20H24N2O3/c1-15-7-8-17(13-16(15)2)21-9-11-22(12-10-21)20(24)14-25-19-6-4-3-5-18(19)23/h3-8,13,23H,9-12,14H2,1-2H3. The third-order valence-electron chi connectivity index (χ3n) is 4.70.